The number of quaternary nitrogens is 1. The third-order valence-corrected chi connectivity index (χ3v) is 8.83. The zero-order valence-electron chi connectivity index (χ0n) is 26.8. The van der Waals surface area contributed by atoms with E-state index in [9.17, 15) is 45.3 Å². The molecule has 2 fully saturated rings. The van der Waals surface area contributed by atoms with Gasteiger partial charge in [-0.15, -0.1) is 6.58 Å². The highest BCUT2D eigenvalue weighted by Crippen LogP contribution is 2.41. The van der Waals surface area contributed by atoms with E-state index in [1.54, 1.807) is 0 Å². The molecule has 4 rings (SSSR count). The first-order chi connectivity index (χ1) is 22.9. The van der Waals surface area contributed by atoms with Crippen LogP contribution in [0.5, 0.6) is 0 Å². The lowest BCUT2D eigenvalue weighted by Gasteiger charge is -2.48. The zero-order valence-corrected chi connectivity index (χ0v) is 26.8. The van der Waals surface area contributed by atoms with Crippen molar-refractivity contribution in [3.63, 3.8) is 0 Å². The summed E-state index contributed by atoms with van der Waals surface area (Å²) in [5, 5.41) is 75.9. The number of carbonyl (C=O) groups is 2. The Morgan fingerprint density at radius 3 is 2.52 bits per heavy atom. The van der Waals surface area contributed by atoms with E-state index in [1.807, 2.05) is 0 Å². The summed E-state index contributed by atoms with van der Waals surface area (Å²) in [5.41, 5.74) is -2.11. The van der Waals surface area contributed by atoms with Gasteiger partial charge in [-0.2, -0.15) is 0 Å². The number of hydrogen-bond donors (Lipinski definition) is 9. The maximum Gasteiger partial charge on any atom is 0.341 e. The Kier molecular flexibility index (Phi) is 13.1. The largest absolute Gasteiger partial charge is 0.477 e. The van der Waals surface area contributed by atoms with Crippen molar-refractivity contribution in [2.24, 2.45) is 5.92 Å². The molecule has 8 atom stereocenters. The first-order valence-electron chi connectivity index (χ1n) is 15.9. The normalized spacial score (nSPS) is 34.1. The van der Waals surface area contributed by atoms with E-state index in [0.29, 0.717) is 23.3 Å². The van der Waals surface area contributed by atoms with Gasteiger partial charge in [-0.25, -0.2) is 9.59 Å². The van der Waals surface area contributed by atoms with Gasteiger partial charge < -0.3 is 64.3 Å². The number of carboxylic acid groups (broad SMARTS) is 1. The Labute approximate surface area is 277 Å². The maximum absolute atomic E-state index is 13.6. The van der Waals surface area contributed by atoms with Crippen LogP contribution >= 0.6 is 0 Å². The number of nitrogens with one attached hydrogen (secondary N) is 2. The van der Waals surface area contributed by atoms with Crippen LogP contribution in [0.2, 0.25) is 0 Å². The number of aliphatic carboxylic acids is 1. The average molecular weight is 684 g/mol. The quantitative estimate of drug-likeness (QED) is 0.0515. The maximum atomic E-state index is 13.6. The lowest BCUT2D eigenvalue weighted by molar-refractivity contribution is -0.842. The number of aliphatic hydroxyl groups is 6. The van der Waals surface area contributed by atoms with Crippen molar-refractivity contribution in [2.45, 2.75) is 80.5 Å². The Balaban J connectivity index is 1.70. The molecule has 4 aliphatic rings. The van der Waals surface area contributed by atoms with Crippen LogP contribution in [0.4, 0.5) is 0 Å². The third kappa shape index (κ3) is 8.40. The van der Waals surface area contributed by atoms with Crippen LogP contribution in [0.1, 0.15) is 32.1 Å². The summed E-state index contributed by atoms with van der Waals surface area (Å²) < 4.78 is 28.7. The number of rotatable bonds is 14. The summed E-state index contributed by atoms with van der Waals surface area (Å²) >= 11 is 0. The Bertz CT molecular complexity index is 1280. The number of carbonyl (C=O) groups excluding carboxylic acids is 1. The molecule has 48 heavy (non-hydrogen) atoms. The Morgan fingerprint density at radius 1 is 1.17 bits per heavy atom. The van der Waals surface area contributed by atoms with Gasteiger partial charge in [-0.1, -0.05) is 18.6 Å². The van der Waals surface area contributed by atoms with E-state index in [4.69, 9.17) is 23.7 Å². The molecule has 16 nitrogen and oxygen atoms in total. The summed E-state index contributed by atoms with van der Waals surface area (Å²) in [5.74, 6) is -6.30. The van der Waals surface area contributed by atoms with E-state index in [-0.39, 0.29) is 43.7 Å². The van der Waals surface area contributed by atoms with Crippen molar-refractivity contribution in [2.75, 3.05) is 40.1 Å². The summed E-state index contributed by atoms with van der Waals surface area (Å²) in [6.07, 6.45) is 3.06. The number of aliphatic hydroxyl groups excluding tert-OH is 3. The zero-order chi connectivity index (χ0) is 35.1. The Morgan fingerprint density at radius 2 is 1.90 bits per heavy atom. The smallest absolute Gasteiger partial charge is 0.341 e. The van der Waals surface area contributed by atoms with Crippen LogP contribution in [0.15, 0.2) is 60.1 Å². The SMILES string of the molecule is C=C[C@H]1[C@H](O[C@@H]2O[C@H](CO)[C@@H](O)C(O)(O)[C@H]2OCNC)OC=C(C(=O)OC2CCCCC2)[C@@]1(O)/C=C\C1=CC(C(=O)O)=C[NH+](CCO)C1. The fourth-order valence-electron chi connectivity index (χ4n) is 6.23. The molecule has 0 aromatic carbocycles. The number of hydrogen-bond acceptors (Lipinski definition) is 14. The molecule has 0 aromatic rings. The van der Waals surface area contributed by atoms with Crippen molar-refractivity contribution < 1.29 is 73.9 Å². The second-order valence-corrected chi connectivity index (χ2v) is 12.2. The molecule has 16 heteroatoms. The van der Waals surface area contributed by atoms with Crippen LogP contribution in [-0.2, 0) is 33.3 Å². The minimum atomic E-state index is -2.96. The van der Waals surface area contributed by atoms with Crippen LogP contribution in [-0.4, -0.2) is 136 Å². The van der Waals surface area contributed by atoms with Gasteiger partial charge in [-0.3, -0.25) is 5.32 Å². The molecule has 268 valence electrons. The molecule has 3 heterocycles. The molecule has 3 aliphatic heterocycles. The fraction of sp³-hybridized carbons (Fsp3) is 0.625. The average Bonchev–Trinajstić information content (AvgIpc) is 3.06. The minimum Gasteiger partial charge on any atom is -0.477 e. The van der Waals surface area contributed by atoms with Crippen LogP contribution < -0.4 is 10.2 Å². The molecule has 1 saturated heterocycles. The standard InChI is InChI=1S/C32H46N2O14/c1-3-22-29(48-30-26(45-18-33-2)32(42,43)25(37)24(16-36)47-30)44-17-23(28(40)46-21-7-5-4-6-8-21)31(22,41)10-9-19-13-20(27(38)39)15-34(14-19)11-12-35/h3,9-10,13,15,17,21-22,24-26,29-30,33,35-37,41-43H,1,4-8,11-12,14,16,18H2,2H3,(H,38,39)/p+1/b10-9-/t22-,24+,25+,26-,29-,30-,31+/m0/s1. The first-order valence-corrected chi connectivity index (χ1v) is 15.9. The lowest BCUT2D eigenvalue weighted by atomic mass is 9.78. The molecule has 0 spiro atoms. The first kappa shape index (κ1) is 37.8. The van der Waals surface area contributed by atoms with Gasteiger partial charge in [0.2, 0.25) is 12.1 Å². The van der Waals surface area contributed by atoms with Crippen molar-refractivity contribution in [1.82, 2.24) is 5.32 Å². The van der Waals surface area contributed by atoms with Crippen molar-refractivity contribution >= 4 is 11.9 Å². The summed E-state index contributed by atoms with van der Waals surface area (Å²) in [7, 11) is 1.52. The minimum absolute atomic E-state index is 0.0311. The monoisotopic (exact) mass is 683 g/mol. The molecular formula is C32H47N2O14+. The van der Waals surface area contributed by atoms with Gasteiger partial charge in [0.1, 0.15) is 60.6 Å². The molecule has 1 saturated carbocycles. The molecule has 0 aromatic heterocycles. The number of ether oxygens (including phenoxy) is 5. The van der Waals surface area contributed by atoms with Crippen molar-refractivity contribution in [1.29, 1.82) is 0 Å². The summed E-state index contributed by atoms with van der Waals surface area (Å²) in [6.45, 7) is 3.04. The molecule has 0 radical (unpaired) electrons. The van der Waals surface area contributed by atoms with E-state index < -0.39 is 66.7 Å². The van der Waals surface area contributed by atoms with Gasteiger partial charge >= 0.3 is 11.9 Å². The molecule has 1 aliphatic carbocycles. The van der Waals surface area contributed by atoms with Crippen molar-refractivity contribution in [3.8, 4) is 0 Å². The topological polar surface area (TPSA) is 238 Å². The number of esters is 1. The van der Waals surface area contributed by atoms with Gasteiger partial charge in [0, 0.05) is 5.57 Å². The van der Waals surface area contributed by atoms with Gasteiger partial charge in [0.15, 0.2) is 12.4 Å². The van der Waals surface area contributed by atoms with E-state index in [1.165, 1.54) is 37.6 Å². The van der Waals surface area contributed by atoms with Crippen LogP contribution in [0.25, 0.3) is 0 Å². The predicted octanol–water partition coefficient (Wildman–Crippen LogP) is -2.68. The number of carboxylic acids is 1. The highest BCUT2D eigenvalue weighted by molar-refractivity contribution is 5.92. The summed E-state index contributed by atoms with van der Waals surface area (Å²) in [4.78, 5) is 26.1. The molecular weight excluding hydrogens is 636 g/mol. The molecule has 9 N–H and O–H groups in total. The van der Waals surface area contributed by atoms with E-state index in [0.717, 1.165) is 25.5 Å². The predicted molar refractivity (Wildman–Crippen MR) is 164 cm³/mol. The second-order valence-electron chi connectivity index (χ2n) is 12.2. The molecule has 1 unspecified atom stereocenters. The van der Waals surface area contributed by atoms with Gasteiger partial charge in [0.25, 0.3) is 0 Å². The lowest BCUT2D eigenvalue weighted by Crippen LogP contribution is -3.08. The van der Waals surface area contributed by atoms with Crippen molar-refractivity contribution in [3.05, 3.63) is 60.1 Å². The summed E-state index contributed by atoms with van der Waals surface area (Å²) in [6, 6.07) is 0. The van der Waals surface area contributed by atoms with E-state index >= 15 is 0 Å². The van der Waals surface area contributed by atoms with Gasteiger partial charge in [0.05, 0.1) is 25.9 Å². The molecule has 0 bridgehead atoms. The highest BCUT2D eigenvalue weighted by atomic mass is 16.8. The van der Waals surface area contributed by atoms with Crippen LogP contribution in [0, 0.1) is 5.92 Å². The van der Waals surface area contributed by atoms with Crippen LogP contribution in [0.3, 0.4) is 0 Å². The highest BCUT2D eigenvalue weighted by Gasteiger charge is 2.58. The van der Waals surface area contributed by atoms with E-state index in [2.05, 4.69) is 11.9 Å². The second kappa shape index (κ2) is 16.6. The Hall–Kier alpha value is -3.00. The third-order valence-electron chi connectivity index (χ3n) is 8.83. The molecule has 0 amide bonds. The fourth-order valence-corrected chi connectivity index (χ4v) is 6.23. The van der Waals surface area contributed by atoms with Gasteiger partial charge in [-0.05, 0) is 44.9 Å².